The quantitative estimate of drug-likeness (QED) is 0.276. The Morgan fingerprint density at radius 2 is 1.96 bits per heavy atom. The summed E-state index contributed by atoms with van der Waals surface area (Å²) in [7, 11) is 1.75. The molecule has 1 aromatic carbocycles. The number of nitrogens with one attached hydrogen (secondary N) is 2. The average Bonchev–Trinajstić information content (AvgIpc) is 3.21. The molecule has 0 atom stereocenters. The summed E-state index contributed by atoms with van der Waals surface area (Å²) in [6.07, 6.45) is 2.71. The number of hydrogen-bond acceptors (Lipinski definition) is 4. The van der Waals surface area contributed by atoms with Crippen molar-refractivity contribution in [3.8, 4) is 11.6 Å². The number of guanidine groups is 1. The molecule has 28 heavy (non-hydrogen) atoms. The summed E-state index contributed by atoms with van der Waals surface area (Å²) >= 11 is 1.76. The molecule has 3 aromatic rings. The van der Waals surface area contributed by atoms with Crippen LogP contribution in [0.4, 0.5) is 4.39 Å². The Labute approximate surface area is 185 Å². The van der Waals surface area contributed by atoms with E-state index in [4.69, 9.17) is 4.74 Å². The van der Waals surface area contributed by atoms with Crippen LogP contribution < -0.4 is 15.4 Å². The molecule has 5 nitrogen and oxygen atoms in total. The van der Waals surface area contributed by atoms with Gasteiger partial charge in [0, 0.05) is 37.3 Å². The Bertz CT molecular complexity index is 855. The maximum absolute atomic E-state index is 12.9. The molecule has 0 amide bonds. The van der Waals surface area contributed by atoms with Crippen molar-refractivity contribution in [1.82, 2.24) is 15.6 Å². The number of benzene rings is 1. The van der Waals surface area contributed by atoms with Crippen molar-refractivity contribution in [3.63, 3.8) is 0 Å². The fraction of sp³-hybridized carbons (Fsp3) is 0.200. The molecule has 0 radical (unpaired) electrons. The Morgan fingerprint density at radius 1 is 1.14 bits per heavy atom. The maximum atomic E-state index is 12.9. The lowest BCUT2D eigenvalue weighted by molar-refractivity contribution is 0.461. The van der Waals surface area contributed by atoms with Gasteiger partial charge in [-0.3, -0.25) is 4.99 Å². The highest BCUT2D eigenvalue weighted by Crippen LogP contribution is 2.19. The normalized spacial score (nSPS) is 10.9. The second kappa shape index (κ2) is 11.6. The molecule has 3 rings (SSSR count). The fourth-order valence-electron chi connectivity index (χ4n) is 2.36. The van der Waals surface area contributed by atoms with E-state index in [0.29, 0.717) is 18.2 Å². The van der Waals surface area contributed by atoms with Crippen LogP contribution in [0.15, 0.2) is 65.1 Å². The van der Waals surface area contributed by atoms with Crippen molar-refractivity contribution in [2.75, 3.05) is 13.6 Å². The minimum absolute atomic E-state index is 0. The summed E-state index contributed by atoms with van der Waals surface area (Å²) < 4.78 is 18.5. The molecule has 0 fully saturated rings. The van der Waals surface area contributed by atoms with E-state index in [0.717, 1.165) is 24.5 Å². The molecule has 0 aliphatic heterocycles. The zero-order valence-corrected chi connectivity index (χ0v) is 18.5. The average molecular weight is 512 g/mol. The third-order valence-corrected chi connectivity index (χ3v) is 4.70. The summed E-state index contributed by atoms with van der Waals surface area (Å²) in [6.45, 7) is 1.42. The van der Waals surface area contributed by atoms with E-state index in [1.54, 1.807) is 42.8 Å². The van der Waals surface area contributed by atoms with Crippen LogP contribution in [0.25, 0.3) is 0 Å². The van der Waals surface area contributed by atoms with Gasteiger partial charge in [-0.25, -0.2) is 9.37 Å². The van der Waals surface area contributed by atoms with Crippen LogP contribution in [-0.4, -0.2) is 24.5 Å². The van der Waals surface area contributed by atoms with Gasteiger partial charge >= 0.3 is 0 Å². The van der Waals surface area contributed by atoms with Crippen LogP contribution in [0.2, 0.25) is 0 Å². The second-order valence-electron chi connectivity index (χ2n) is 5.74. The van der Waals surface area contributed by atoms with Crippen molar-refractivity contribution in [3.05, 3.63) is 76.4 Å². The Hall–Kier alpha value is -2.20. The largest absolute Gasteiger partial charge is 0.439 e. The fourth-order valence-corrected chi connectivity index (χ4v) is 3.07. The van der Waals surface area contributed by atoms with E-state index < -0.39 is 0 Å². The van der Waals surface area contributed by atoms with Gasteiger partial charge in [0.25, 0.3) is 0 Å². The van der Waals surface area contributed by atoms with Gasteiger partial charge in [0.15, 0.2) is 5.96 Å². The molecular formula is C20H22FIN4OS. The molecule has 2 aromatic heterocycles. The SMILES string of the molecule is CN=C(NCCc1cccs1)NCc1ccc(Oc2ccc(F)cc2)nc1.I. The number of aliphatic imine (C=N–C) groups is 1. The zero-order valence-electron chi connectivity index (χ0n) is 15.4. The lowest BCUT2D eigenvalue weighted by Crippen LogP contribution is -2.37. The minimum atomic E-state index is -0.297. The molecule has 0 unspecified atom stereocenters. The van der Waals surface area contributed by atoms with Gasteiger partial charge in [-0.1, -0.05) is 12.1 Å². The number of nitrogens with zero attached hydrogens (tertiary/aromatic N) is 2. The first-order chi connectivity index (χ1) is 13.2. The standard InChI is InChI=1S/C20H21FN4OS.HI/c1-22-20(23-11-10-18-3-2-12-27-18)25-14-15-4-9-19(24-13-15)26-17-7-5-16(21)6-8-17;/h2-9,12-13H,10-11,14H2,1H3,(H2,22,23,25);1H. The number of ether oxygens (including phenoxy) is 1. The number of thiophene rings is 1. The summed E-state index contributed by atoms with van der Waals surface area (Å²) in [5, 5.41) is 8.64. The number of rotatable bonds is 7. The highest BCUT2D eigenvalue weighted by atomic mass is 127. The molecule has 0 spiro atoms. The van der Waals surface area contributed by atoms with Gasteiger partial charge < -0.3 is 15.4 Å². The van der Waals surface area contributed by atoms with E-state index in [-0.39, 0.29) is 29.8 Å². The third-order valence-electron chi connectivity index (χ3n) is 3.76. The first kappa shape index (κ1) is 22.1. The van der Waals surface area contributed by atoms with Crippen molar-refractivity contribution in [1.29, 1.82) is 0 Å². The highest BCUT2D eigenvalue weighted by molar-refractivity contribution is 14.0. The summed E-state index contributed by atoms with van der Waals surface area (Å²) in [4.78, 5) is 9.85. The first-order valence-corrected chi connectivity index (χ1v) is 9.46. The van der Waals surface area contributed by atoms with Crippen LogP contribution >= 0.6 is 35.3 Å². The zero-order chi connectivity index (χ0) is 18.9. The number of aromatic nitrogens is 1. The smallest absolute Gasteiger partial charge is 0.219 e. The molecule has 2 heterocycles. The van der Waals surface area contributed by atoms with Crippen LogP contribution in [0, 0.1) is 5.82 Å². The van der Waals surface area contributed by atoms with Crippen molar-refractivity contribution in [2.24, 2.45) is 4.99 Å². The van der Waals surface area contributed by atoms with Crippen molar-refractivity contribution >= 4 is 41.3 Å². The van der Waals surface area contributed by atoms with Crippen molar-refractivity contribution < 1.29 is 9.13 Å². The summed E-state index contributed by atoms with van der Waals surface area (Å²) in [5.41, 5.74) is 1.00. The van der Waals surface area contributed by atoms with E-state index in [1.807, 2.05) is 6.07 Å². The monoisotopic (exact) mass is 512 g/mol. The van der Waals surface area contributed by atoms with E-state index in [9.17, 15) is 4.39 Å². The molecule has 0 saturated heterocycles. The second-order valence-corrected chi connectivity index (χ2v) is 6.77. The topological polar surface area (TPSA) is 58.5 Å². The van der Waals surface area contributed by atoms with Gasteiger partial charge in [-0.05, 0) is 47.7 Å². The number of pyridine rings is 1. The minimum Gasteiger partial charge on any atom is -0.439 e. The molecule has 0 aliphatic rings. The molecule has 148 valence electrons. The molecular weight excluding hydrogens is 490 g/mol. The Kier molecular flexibility index (Phi) is 9.15. The molecule has 8 heteroatoms. The van der Waals surface area contributed by atoms with Crippen molar-refractivity contribution in [2.45, 2.75) is 13.0 Å². The summed E-state index contributed by atoms with van der Waals surface area (Å²) in [5.74, 6) is 1.46. The van der Waals surface area contributed by atoms with Gasteiger partial charge in [0.1, 0.15) is 11.6 Å². The predicted octanol–water partition coefficient (Wildman–Crippen LogP) is 4.60. The van der Waals surface area contributed by atoms with Crippen LogP contribution in [-0.2, 0) is 13.0 Å². The van der Waals surface area contributed by atoms with Gasteiger partial charge in [-0.15, -0.1) is 35.3 Å². The Balaban J connectivity index is 0.00000280. The third kappa shape index (κ3) is 7.08. The number of hydrogen-bond donors (Lipinski definition) is 2. The predicted molar refractivity (Wildman–Crippen MR) is 122 cm³/mol. The van der Waals surface area contributed by atoms with Crippen LogP contribution in [0.5, 0.6) is 11.6 Å². The molecule has 0 saturated carbocycles. The van der Waals surface area contributed by atoms with Crippen LogP contribution in [0.1, 0.15) is 10.4 Å². The number of halogens is 2. The molecule has 2 N–H and O–H groups in total. The first-order valence-electron chi connectivity index (χ1n) is 8.58. The van der Waals surface area contributed by atoms with E-state index >= 15 is 0 Å². The van der Waals surface area contributed by atoms with Gasteiger partial charge in [0.05, 0.1) is 0 Å². The van der Waals surface area contributed by atoms with E-state index in [2.05, 4.69) is 38.1 Å². The lowest BCUT2D eigenvalue weighted by Gasteiger charge is -2.12. The van der Waals surface area contributed by atoms with E-state index in [1.165, 1.54) is 17.0 Å². The maximum Gasteiger partial charge on any atom is 0.219 e. The summed E-state index contributed by atoms with van der Waals surface area (Å²) in [6, 6.07) is 13.7. The van der Waals surface area contributed by atoms with Crippen LogP contribution in [0.3, 0.4) is 0 Å². The highest BCUT2D eigenvalue weighted by Gasteiger charge is 2.02. The molecule has 0 bridgehead atoms. The molecule has 0 aliphatic carbocycles. The Morgan fingerprint density at radius 3 is 2.61 bits per heavy atom. The van der Waals surface area contributed by atoms with Gasteiger partial charge in [-0.2, -0.15) is 0 Å². The van der Waals surface area contributed by atoms with Gasteiger partial charge in [0.2, 0.25) is 5.88 Å². The lowest BCUT2D eigenvalue weighted by atomic mass is 10.3.